The second-order valence-electron chi connectivity index (χ2n) is 4.96. The van der Waals surface area contributed by atoms with Gasteiger partial charge in [-0.1, -0.05) is 44.2 Å². The van der Waals surface area contributed by atoms with E-state index >= 15 is 0 Å². The van der Waals surface area contributed by atoms with Gasteiger partial charge in [-0.25, -0.2) is 0 Å². The lowest BCUT2D eigenvalue weighted by Crippen LogP contribution is -2.32. The summed E-state index contributed by atoms with van der Waals surface area (Å²) in [5, 5.41) is 3.49. The molecule has 4 heteroatoms. The first-order chi connectivity index (χ1) is 9.04. The molecule has 106 valence electrons. The minimum atomic E-state index is -0.150. The highest BCUT2D eigenvalue weighted by atomic mass is 35.5. The number of rotatable bonds is 7. The number of halogens is 1. The van der Waals surface area contributed by atoms with Crippen molar-refractivity contribution >= 4 is 23.2 Å². The summed E-state index contributed by atoms with van der Waals surface area (Å²) in [7, 11) is 0. The van der Waals surface area contributed by atoms with E-state index in [1.165, 1.54) is 19.3 Å². The van der Waals surface area contributed by atoms with E-state index in [0.717, 1.165) is 12.8 Å². The molecule has 0 radical (unpaired) electrons. The molecule has 3 N–H and O–H groups in total. The molecule has 1 rings (SSSR count). The smallest absolute Gasteiger partial charge is 0.253 e. The third-order valence-corrected chi connectivity index (χ3v) is 3.36. The van der Waals surface area contributed by atoms with E-state index in [1.54, 1.807) is 18.2 Å². The second kappa shape index (κ2) is 8.05. The van der Waals surface area contributed by atoms with E-state index in [4.69, 9.17) is 17.3 Å². The standard InChI is InChI=1S/C15H23ClN2O/c1-3-4-5-6-7-11(2)18-15(19)13-10-12(16)8-9-14(13)17/h8-11H,3-7,17H2,1-2H3,(H,18,19). The van der Waals surface area contributed by atoms with Gasteiger partial charge in [0.25, 0.3) is 5.91 Å². The molecule has 19 heavy (non-hydrogen) atoms. The molecule has 0 aliphatic carbocycles. The fourth-order valence-electron chi connectivity index (χ4n) is 1.98. The summed E-state index contributed by atoms with van der Waals surface area (Å²) in [6, 6.07) is 5.10. The molecule has 0 heterocycles. The fourth-order valence-corrected chi connectivity index (χ4v) is 2.15. The molecule has 1 aromatic rings. The summed E-state index contributed by atoms with van der Waals surface area (Å²) in [5.41, 5.74) is 6.70. The van der Waals surface area contributed by atoms with Gasteiger partial charge in [0.15, 0.2) is 0 Å². The van der Waals surface area contributed by atoms with Gasteiger partial charge in [-0.3, -0.25) is 4.79 Å². The van der Waals surface area contributed by atoms with Crippen molar-refractivity contribution in [2.75, 3.05) is 5.73 Å². The molecule has 0 aliphatic rings. The topological polar surface area (TPSA) is 55.1 Å². The first-order valence-corrected chi connectivity index (χ1v) is 7.28. The van der Waals surface area contributed by atoms with Crippen LogP contribution in [0.1, 0.15) is 56.3 Å². The maximum atomic E-state index is 12.1. The Morgan fingerprint density at radius 3 is 2.79 bits per heavy atom. The van der Waals surface area contributed by atoms with Crippen LogP contribution in [0.4, 0.5) is 5.69 Å². The van der Waals surface area contributed by atoms with Crippen molar-refractivity contribution in [1.82, 2.24) is 5.32 Å². The minimum Gasteiger partial charge on any atom is -0.398 e. The van der Waals surface area contributed by atoms with Crippen LogP contribution < -0.4 is 11.1 Å². The number of hydrogen-bond acceptors (Lipinski definition) is 2. The van der Waals surface area contributed by atoms with Gasteiger partial charge in [0.2, 0.25) is 0 Å². The number of benzene rings is 1. The molecule has 0 aromatic heterocycles. The Hall–Kier alpha value is -1.22. The van der Waals surface area contributed by atoms with Gasteiger partial charge in [0.1, 0.15) is 0 Å². The molecule has 1 aromatic carbocycles. The normalized spacial score (nSPS) is 12.2. The third-order valence-electron chi connectivity index (χ3n) is 3.13. The molecule has 0 saturated carbocycles. The van der Waals surface area contributed by atoms with E-state index in [9.17, 15) is 4.79 Å². The van der Waals surface area contributed by atoms with Gasteiger partial charge in [0.05, 0.1) is 5.56 Å². The molecule has 0 aliphatic heterocycles. The summed E-state index contributed by atoms with van der Waals surface area (Å²) in [6.45, 7) is 4.21. The van der Waals surface area contributed by atoms with Crippen molar-refractivity contribution in [2.24, 2.45) is 0 Å². The molecule has 1 atom stereocenters. The van der Waals surface area contributed by atoms with Crippen LogP contribution in [0.3, 0.4) is 0 Å². The summed E-state index contributed by atoms with van der Waals surface area (Å²) < 4.78 is 0. The lowest BCUT2D eigenvalue weighted by atomic mass is 10.1. The van der Waals surface area contributed by atoms with Crippen molar-refractivity contribution in [1.29, 1.82) is 0 Å². The van der Waals surface area contributed by atoms with Crippen LogP contribution in [0, 0.1) is 0 Å². The predicted molar refractivity (Wildman–Crippen MR) is 81.6 cm³/mol. The molecule has 1 amide bonds. The monoisotopic (exact) mass is 282 g/mol. The Labute approximate surface area is 120 Å². The number of carbonyl (C=O) groups is 1. The Morgan fingerprint density at radius 1 is 1.37 bits per heavy atom. The van der Waals surface area contributed by atoms with Crippen molar-refractivity contribution in [3.63, 3.8) is 0 Å². The predicted octanol–water partition coefficient (Wildman–Crippen LogP) is 4.01. The van der Waals surface area contributed by atoms with Gasteiger partial charge >= 0.3 is 0 Å². The van der Waals surface area contributed by atoms with Crippen molar-refractivity contribution in [3.05, 3.63) is 28.8 Å². The maximum Gasteiger partial charge on any atom is 0.253 e. The largest absolute Gasteiger partial charge is 0.398 e. The van der Waals surface area contributed by atoms with Gasteiger partial charge in [0, 0.05) is 16.8 Å². The maximum absolute atomic E-state index is 12.1. The van der Waals surface area contributed by atoms with Gasteiger partial charge in [-0.05, 0) is 31.5 Å². The first-order valence-electron chi connectivity index (χ1n) is 6.90. The number of unbranched alkanes of at least 4 members (excludes halogenated alkanes) is 3. The number of nitrogens with one attached hydrogen (secondary N) is 1. The zero-order valence-electron chi connectivity index (χ0n) is 11.7. The van der Waals surface area contributed by atoms with Crippen LogP contribution in [0.5, 0.6) is 0 Å². The van der Waals surface area contributed by atoms with E-state index in [1.807, 2.05) is 6.92 Å². The summed E-state index contributed by atoms with van der Waals surface area (Å²) >= 11 is 5.88. The third kappa shape index (κ3) is 5.52. The highest BCUT2D eigenvalue weighted by molar-refractivity contribution is 6.31. The lowest BCUT2D eigenvalue weighted by Gasteiger charge is -2.14. The molecule has 0 bridgehead atoms. The van der Waals surface area contributed by atoms with Gasteiger partial charge in [-0.15, -0.1) is 0 Å². The van der Waals surface area contributed by atoms with E-state index in [0.29, 0.717) is 16.3 Å². The number of nitrogen functional groups attached to an aromatic ring is 1. The molecule has 0 spiro atoms. The zero-order chi connectivity index (χ0) is 14.3. The van der Waals surface area contributed by atoms with E-state index in [-0.39, 0.29) is 11.9 Å². The van der Waals surface area contributed by atoms with Crippen molar-refractivity contribution in [3.8, 4) is 0 Å². The zero-order valence-corrected chi connectivity index (χ0v) is 12.5. The van der Waals surface area contributed by atoms with Gasteiger partial charge in [-0.2, -0.15) is 0 Å². The fraction of sp³-hybridized carbons (Fsp3) is 0.533. The molecular weight excluding hydrogens is 260 g/mol. The Bertz CT molecular complexity index is 421. The van der Waals surface area contributed by atoms with Crippen LogP contribution in [-0.2, 0) is 0 Å². The van der Waals surface area contributed by atoms with E-state index in [2.05, 4.69) is 12.2 Å². The Kier molecular flexibility index (Phi) is 6.71. The highest BCUT2D eigenvalue weighted by Crippen LogP contribution is 2.18. The van der Waals surface area contributed by atoms with Crippen LogP contribution in [0.2, 0.25) is 5.02 Å². The molecule has 1 unspecified atom stereocenters. The number of carbonyl (C=O) groups excluding carboxylic acids is 1. The quantitative estimate of drug-likeness (QED) is 0.586. The number of hydrogen-bond donors (Lipinski definition) is 2. The molecule has 3 nitrogen and oxygen atoms in total. The Balaban J connectivity index is 2.47. The number of nitrogens with two attached hydrogens (primary N) is 1. The highest BCUT2D eigenvalue weighted by Gasteiger charge is 2.12. The van der Waals surface area contributed by atoms with Crippen LogP contribution in [0.15, 0.2) is 18.2 Å². The second-order valence-corrected chi connectivity index (χ2v) is 5.39. The summed E-state index contributed by atoms with van der Waals surface area (Å²) in [6.07, 6.45) is 5.82. The number of anilines is 1. The molecule has 0 fully saturated rings. The molecule has 0 saturated heterocycles. The van der Waals surface area contributed by atoms with Crippen molar-refractivity contribution in [2.45, 2.75) is 52.0 Å². The van der Waals surface area contributed by atoms with E-state index < -0.39 is 0 Å². The van der Waals surface area contributed by atoms with Gasteiger partial charge < -0.3 is 11.1 Å². The van der Waals surface area contributed by atoms with Crippen LogP contribution >= 0.6 is 11.6 Å². The Morgan fingerprint density at radius 2 is 2.11 bits per heavy atom. The first kappa shape index (κ1) is 15.8. The van der Waals surface area contributed by atoms with Crippen LogP contribution in [-0.4, -0.2) is 11.9 Å². The molecular formula is C15H23ClN2O. The summed E-state index contributed by atoms with van der Waals surface area (Å²) in [5.74, 6) is -0.150. The van der Waals surface area contributed by atoms with Crippen LogP contribution in [0.25, 0.3) is 0 Å². The number of amides is 1. The minimum absolute atomic E-state index is 0.150. The lowest BCUT2D eigenvalue weighted by molar-refractivity contribution is 0.0939. The summed E-state index contributed by atoms with van der Waals surface area (Å²) in [4.78, 5) is 12.1. The average molecular weight is 283 g/mol. The average Bonchev–Trinajstić information content (AvgIpc) is 2.37. The van der Waals surface area contributed by atoms with Crippen molar-refractivity contribution < 1.29 is 4.79 Å². The SMILES string of the molecule is CCCCCCC(C)NC(=O)c1cc(Cl)ccc1N.